The molecule has 8 rings (SSSR count). The van der Waals surface area contributed by atoms with Gasteiger partial charge in [0.05, 0.1) is 22.1 Å². The Hall–Kier alpha value is -6.06. The SMILES string of the molecule is C=C/C=C\C=C(/C)C1(c2ccccn2)c2cc(-c3ccccc3)ccc2-c2ccc(-c3ccc(-n4c(C)nc5ccccc54)cc3)cc21. The summed E-state index contributed by atoms with van der Waals surface area (Å²) in [6.45, 7) is 8.20. The van der Waals surface area contributed by atoms with Gasteiger partial charge in [-0.3, -0.25) is 9.55 Å². The van der Waals surface area contributed by atoms with Crippen molar-refractivity contribution in [3.63, 3.8) is 0 Å². The largest absolute Gasteiger partial charge is 0.297 e. The van der Waals surface area contributed by atoms with Crippen LogP contribution in [0, 0.1) is 6.92 Å². The molecule has 1 aliphatic rings. The van der Waals surface area contributed by atoms with E-state index in [0.29, 0.717) is 0 Å². The van der Waals surface area contributed by atoms with Gasteiger partial charge >= 0.3 is 0 Å². The Morgan fingerprint density at radius 2 is 1.29 bits per heavy atom. The predicted molar refractivity (Wildman–Crippen MR) is 199 cm³/mol. The summed E-state index contributed by atoms with van der Waals surface area (Å²) >= 11 is 0. The molecule has 1 unspecified atom stereocenters. The first-order chi connectivity index (χ1) is 23.6. The number of pyridine rings is 1. The highest BCUT2D eigenvalue weighted by Gasteiger charge is 2.47. The fourth-order valence-electron chi connectivity index (χ4n) is 7.48. The van der Waals surface area contributed by atoms with Gasteiger partial charge in [0.1, 0.15) is 5.82 Å². The minimum Gasteiger partial charge on any atom is -0.297 e. The van der Waals surface area contributed by atoms with Crippen LogP contribution in [0.25, 0.3) is 50.1 Å². The Morgan fingerprint density at radius 3 is 1.96 bits per heavy atom. The summed E-state index contributed by atoms with van der Waals surface area (Å²) in [6, 6.07) is 47.9. The van der Waals surface area contributed by atoms with E-state index in [2.05, 4.69) is 158 Å². The van der Waals surface area contributed by atoms with Crippen LogP contribution < -0.4 is 0 Å². The van der Waals surface area contributed by atoms with Crippen LogP contribution in [-0.4, -0.2) is 14.5 Å². The summed E-state index contributed by atoms with van der Waals surface area (Å²) in [5, 5.41) is 0. The lowest BCUT2D eigenvalue weighted by atomic mass is 9.69. The van der Waals surface area contributed by atoms with Crippen LogP contribution in [0.3, 0.4) is 0 Å². The third-order valence-electron chi connectivity index (χ3n) is 9.67. The molecular weight excluding hydrogens is 583 g/mol. The Balaban J connectivity index is 1.33. The van der Waals surface area contributed by atoms with E-state index in [1.54, 1.807) is 0 Å². The maximum Gasteiger partial charge on any atom is 0.111 e. The van der Waals surface area contributed by atoms with Gasteiger partial charge in [0.2, 0.25) is 0 Å². The van der Waals surface area contributed by atoms with Crippen molar-refractivity contribution in [1.82, 2.24) is 14.5 Å². The maximum absolute atomic E-state index is 5.06. The number of hydrogen-bond acceptors (Lipinski definition) is 2. The van der Waals surface area contributed by atoms with Crippen molar-refractivity contribution >= 4 is 11.0 Å². The first kappa shape index (κ1) is 29.3. The van der Waals surface area contributed by atoms with Crippen molar-refractivity contribution in [2.75, 3.05) is 0 Å². The average molecular weight is 618 g/mol. The topological polar surface area (TPSA) is 30.7 Å². The number of rotatable bonds is 7. The Labute approximate surface area is 281 Å². The molecule has 0 fully saturated rings. The van der Waals surface area contributed by atoms with Gasteiger partial charge in [0.25, 0.3) is 0 Å². The van der Waals surface area contributed by atoms with E-state index < -0.39 is 5.41 Å². The third kappa shape index (κ3) is 4.66. The van der Waals surface area contributed by atoms with Crippen LogP contribution in [-0.2, 0) is 5.41 Å². The molecule has 0 saturated carbocycles. The van der Waals surface area contributed by atoms with Crippen molar-refractivity contribution in [2.45, 2.75) is 19.3 Å². The summed E-state index contributed by atoms with van der Waals surface area (Å²) < 4.78 is 2.22. The number of para-hydroxylation sites is 2. The number of allylic oxidation sites excluding steroid dienone is 5. The second kappa shape index (κ2) is 11.9. The normalized spacial score (nSPS) is 15.5. The van der Waals surface area contributed by atoms with E-state index in [4.69, 9.17) is 9.97 Å². The summed E-state index contributed by atoms with van der Waals surface area (Å²) in [5.41, 5.74) is 14.5. The quantitative estimate of drug-likeness (QED) is 0.167. The second-order valence-electron chi connectivity index (χ2n) is 12.4. The first-order valence-electron chi connectivity index (χ1n) is 16.4. The van der Waals surface area contributed by atoms with E-state index in [1.807, 2.05) is 30.5 Å². The van der Waals surface area contributed by atoms with Crippen molar-refractivity contribution in [2.24, 2.45) is 0 Å². The lowest BCUT2D eigenvalue weighted by Crippen LogP contribution is -2.29. The smallest absolute Gasteiger partial charge is 0.111 e. The van der Waals surface area contributed by atoms with E-state index in [1.165, 1.54) is 44.5 Å². The molecule has 0 spiro atoms. The molecule has 5 aromatic carbocycles. The number of imidazole rings is 1. The van der Waals surface area contributed by atoms with Crippen molar-refractivity contribution in [3.8, 4) is 39.1 Å². The molecule has 2 heterocycles. The van der Waals surface area contributed by atoms with Crippen LogP contribution in [0.4, 0.5) is 0 Å². The molecule has 0 bridgehead atoms. The maximum atomic E-state index is 5.06. The van der Waals surface area contributed by atoms with Crippen LogP contribution in [0.1, 0.15) is 29.6 Å². The van der Waals surface area contributed by atoms with Gasteiger partial charge in [0, 0.05) is 11.9 Å². The Kier molecular flexibility index (Phi) is 7.30. The van der Waals surface area contributed by atoms with Gasteiger partial charge in [-0.1, -0.05) is 121 Å². The minimum atomic E-state index is -0.592. The number of aryl methyl sites for hydroxylation is 1. The first-order valence-corrected chi connectivity index (χ1v) is 16.4. The Morgan fingerprint density at radius 1 is 0.667 bits per heavy atom. The molecule has 0 aliphatic heterocycles. The van der Waals surface area contributed by atoms with Crippen LogP contribution in [0.5, 0.6) is 0 Å². The zero-order valence-electron chi connectivity index (χ0n) is 27.1. The van der Waals surface area contributed by atoms with Crippen LogP contribution in [0.15, 0.2) is 176 Å². The summed E-state index contributed by atoms with van der Waals surface area (Å²) in [5.74, 6) is 0.974. The number of nitrogens with zero attached hydrogens (tertiary/aromatic N) is 3. The van der Waals surface area contributed by atoms with Gasteiger partial charge in [-0.05, 0) is 107 Å². The van der Waals surface area contributed by atoms with E-state index in [9.17, 15) is 0 Å². The monoisotopic (exact) mass is 617 g/mol. The summed E-state index contributed by atoms with van der Waals surface area (Å²) in [7, 11) is 0. The fourth-order valence-corrected chi connectivity index (χ4v) is 7.48. The fraction of sp³-hybridized carbons (Fsp3) is 0.0667. The van der Waals surface area contributed by atoms with Crippen LogP contribution >= 0.6 is 0 Å². The molecule has 7 aromatic rings. The third-order valence-corrected chi connectivity index (χ3v) is 9.67. The minimum absolute atomic E-state index is 0.592. The number of aromatic nitrogens is 3. The molecule has 3 heteroatoms. The summed E-state index contributed by atoms with van der Waals surface area (Å²) in [6.07, 6.45) is 10.00. The van der Waals surface area contributed by atoms with E-state index in [0.717, 1.165) is 33.8 Å². The highest BCUT2D eigenvalue weighted by atomic mass is 15.1. The van der Waals surface area contributed by atoms with Gasteiger partial charge in [-0.2, -0.15) is 0 Å². The lowest BCUT2D eigenvalue weighted by Gasteiger charge is -2.33. The zero-order chi connectivity index (χ0) is 32.7. The van der Waals surface area contributed by atoms with Gasteiger partial charge in [-0.15, -0.1) is 0 Å². The number of benzene rings is 5. The van der Waals surface area contributed by atoms with Crippen LogP contribution in [0.2, 0.25) is 0 Å². The molecular formula is C45H35N3. The molecule has 2 aromatic heterocycles. The second-order valence-corrected chi connectivity index (χ2v) is 12.4. The predicted octanol–water partition coefficient (Wildman–Crippen LogP) is 11.1. The standard InChI is InChI=1S/C45H35N3/c1-4-5-7-14-31(2)45(44-19-12-13-28-46-44)40-29-35(33-15-8-6-9-16-33)22-26-38(40)39-27-23-36(30-41(39)45)34-20-24-37(25-21-34)48-32(3)47-42-17-10-11-18-43(42)48/h4-30H,1H2,2-3H3/b7-5-,31-14+. The zero-order valence-corrected chi connectivity index (χ0v) is 27.1. The average Bonchev–Trinajstić information content (AvgIpc) is 3.63. The van der Waals surface area contributed by atoms with Gasteiger partial charge < -0.3 is 0 Å². The van der Waals surface area contributed by atoms with Crippen molar-refractivity contribution in [1.29, 1.82) is 0 Å². The van der Waals surface area contributed by atoms with Crippen molar-refractivity contribution in [3.05, 3.63) is 199 Å². The molecule has 0 N–H and O–H groups in total. The lowest BCUT2D eigenvalue weighted by molar-refractivity contribution is 0.716. The van der Waals surface area contributed by atoms with Crippen molar-refractivity contribution < 1.29 is 0 Å². The molecule has 0 saturated heterocycles. The highest BCUT2D eigenvalue weighted by molar-refractivity contribution is 5.90. The Bertz CT molecular complexity index is 2360. The molecule has 1 aliphatic carbocycles. The van der Waals surface area contributed by atoms with Gasteiger partial charge in [0.15, 0.2) is 0 Å². The summed E-state index contributed by atoms with van der Waals surface area (Å²) in [4.78, 5) is 9.85. The molecule has 0 amide bonds. The molecule has 1 atom stereocenters. The number of fused-ring (bicyclic) bond motifs is 4. The van der Waals surface area contributed by atoms with Gasteiger partial charge in [-0.25, -0.2) is 4.98 Å². The highest BCUT2D eigenvalue weighted by Crippen LogP contribution is 2.57. The van der Waals surface area contributed by atoms with E-state index in [-0.39, 0.29) is 0 Å². The molecule has 48 heavy (non-hydrogen) atoms. The van der Waals surface area contributed by atoms with E-state index >= 15 is 0 Å². The molecule has 230 valence electrons. The molecule has 0 radical (unpaired) electrons. The molecule has 3 nitrogen and oxygen atoms in total. The number of hydrogen-bond donors (Lipinski definition) is 0.